The largest absolute Gasteiger partial charge is 0.465 e. The van der Waals surface area contributed by atoms with Crippen molar-refractivity contribution in [2.24, 2.45) is 0 Å². The van der Waals surface area contributed by atoms with Crippen LogP contribution in [-0.4, -0.2) is 30.6 Å². The zero-order valence-corrected chi connectivity index (χ0v) is 16.6. The van der Waals surface area contributed by atoms with Gasteiger partial charge in [-0.25, -0.2) is 0 Å². The van der Waals surface area contributed by atoms with E-state index in [-0.39, 0.29) is 5.97 Å². The highest BCUT2D eigenvalue weighted by atomic mass is 79.9. The van der Waals surface area contributed by atoms with Crippen molar-refractivity contribution in [1.82, 2.24) is 4.90 Å². The molecule has 0 aromatic heterocycles. The minimum Gasteiger partial charge on any atom is -0.465 e. The molecule has 1 saturated heterocycles. The van der Waals surface area contributed by atoms with Gasteiger partial charge in [0.15, 0.2) is 0 Å². The first-order valence-corrected chi connectivity index (χ1v) is 9.45. The molecule has 3 rings (SSSR count). The molecule has 0 aliphatic carbocycles. The summed E-state index contributed by atoms with van der Waals surface area (Å²) >= 11 is 3.46. The maximum absolute atomic E-state index is 12.7. The van der Waals surface area contributed by atoms with E-state index in [1.165, 1.54) is 16.7 Å². The topological polar surface area (TPSA) is 29.5 Å². The van der Waals surface area contributed by atoms with Gasteiger partial charge in [0.05, 0.1) is 6.61 Å². The Balaban J connectivity index is 1.77. The second-order valence-corrected chi connectivity index (χ2v) is 7.79. The van der Waals surface area contributed by atoms with Crippen molar-refractivity contribution in [3.63, 3.8) is 0 Å². The van der Waals surface area contributed by atoms with Crippen LogP contribution in [0.15, 0.2) is 46.9 Å². The quantitative estimate of drug-likeness (QED) is 0.696. The number of benzene rings is 2. The number of carbonyl (C=O) groups excluding carboxylic acids is 1. The van der Waals surface area contributed by atoms with Gasteiger partial charge in [0.2, 0.25) is 0 Å². The van der Waals surface area contributed by atoms with Crippen LogP contribution in [0.3, 0.4) is 0 Å². The lowest BCUT2D eigenvalue weighted by molar-refractivity contribution is -0.158. The Labute approximate surface area is 158 Å². The van der Waals surface area contributed by atoms with Crippen molar-refractivity contribution in [3.8, 4) is 0 Å². The molecule has 0 atom stereocenters. The van der Waals surface area contributed by atoms with Crippen LogP contribution in [0.25, 0.3) is 0 Å². The van der Waals surface area contributed by atoms with E-state index >= 15 is 0 Å². The zero-order valence-electron chi connectivity index (χ0n) is 15.0. The first kappa shape index (κ1) is 18.2. The van der Waals surface area contributed by atoms with Crippen molar-refractivity contribution in [2.45, 2.75) is 32.7 Å². The Morgan fingerprint density at radius 1 is 1.12 bits per heavy atom. The fourth-order valence-corrected chi connectivity index (χ4v) is 3.72. The average Bonchev–Trinajstić information content (AvgIpc) is 2.55. The molecule has 0 saturated carbocycles. The van der Waals surface area contributed by atoms with Crippen LogP contribution in [0.1, 0.15) is 29.2 Å². The fraction of sp³-hybridized carbons (Fsp3) is 0.381. The van der Waals surface area contributed by atoms with Gasteiger partial charge in [0, 0.05) is 24.1 Å². The van der Waals surface area contributed by atoms with Crippen molar-refractivity contribution in [2.75, 3.05) is 19.7 Å². The number of hydrogen-bond donors (Lipinski definition) is 0. The Hall–Kier alpha value is -1.65. The van der Waals surface area contributed by atoms with Gasteiger partial charge in [-0.2, -0.15) is 0 Å². The highest BCUT2D eigenvalue weighted by Crippen LogP contribution is 2.37. The molecule has 0 bridgehead atoms. The number of esters is 1. The molecular weight excluding hydrogens is 378 g/mol. The first-order chi connectivity index (χ1) is 11.9. The number of aryl methyl sites for hydroxylation is 2. The Bertz CT molecular complexity index is 764. The molecule has 1 heterocycles. The van der Waals surface area contributed by atoms with Crippen LogP contribution >= 0.6 is 15.9 Å². The van der Waals surface area contributed by atoms with Gasteiger partial charge < -0.3 is 4.74 Å². The summed E-state index contributed by atoms with van der Waals surface area (Å²) in [7, 11) is 0. The predicted octanol–water partition coefficient (Wildman–Crippen LogP) is 4.38. The Morgan fingerprint density at radius 2 is 1.80 bits per heavy atom. The van der Waals surface area contributed by atoms with Gasteiger partial charge in [-0.3, -0.25) is 9.69 Å². The van der Waals surface area contributed by atoms with E-state index in [0.717, 1.165) is 16.6 Å². The van der Waals surface area contributed by atoms with E-state index in [9.17, 15) is 4.79 Å². The lowest BCUT2D eigenvalue weighted by Crippen LogP contribution is -2.63. The summed E-state index contributed by atoms with van der Waals surface area (Å²) in [6.45, 7) is 8.79. The zero-order chi connectivity index (χ0) is 18.0. The summed E-state index contributed by atoms with van der Waals surface area (Å²) < 4.78 is 6.41. The van der Waals surface area contributed by atoms with E-state index in [1.54, 1.807) is 0 Å². The van der Waals surface area contributed by atoms with Crippen LogP contribution in [0, 0.1) is 13.8 Å². The number of hydrogen-bond acceptors (Lipinski definition) is 3. The predicted molar refractivity (Wildman–Crippen MR) is 104 cm³/mol. The lowest BCUT2D eigenvalue weighted by Gasteiger charge is -2.48. The third-order valence-corrected chi connectivity index (χ3v) is 5.56. The first-order valence-electron chi connectivity index (χ1n) is 8.66. The standard InChI is InChI=1S/C21H24BrNO2/c1-4-25-20(24)21(18-7-9-19(22)10-8-18)13-23(14-21)12-17-6-5-15(2)16(3)11-17/h5-11H,4,12-14H2,1-3H3. The van der Waals surface area contributed by atoms with E-state index in [1.807, 2.05) is 31.2 Å². The van der Waals surface area contributed by atoms with E-state index in [2.05, 4.69) is 52.9 Å². The van der Waals surface area contributed by atoms with Crippen molar-refractivity contribution < 1.29 is 9.53 Å². The third kappa shape index (κ3) is 3.65. The van der Waals surface area contributed by atoms with Gasteiger partial charge in [-0.05, 0) is 55.2 Å². The summed E-state index contributed by atoms with van der Waals surface area (Å²) in [6.07, 6.45) is 0. The summed E-state index contributed by atoms with van der Waals surface area (Å²) in [5.41, 5.74) is 4.39. The second-order valence-electron chi connectivity index (χ2n) is 6.87. The molecule has 0 unspecified atom stereocenters. The van der Waals surface area contributed by atoms with E-state index < -0.39 is 5.41 Å². The maximum Gasteiger partial charge on any atom is 0.319 e. The van der Waals surface area contributed by atoms with E-state index in [0.29, 0.717) is 19.7 Å². The molecule has 0 amide bonds. The molecule has 25 heavy (non-hydrogen) atoms. The molecule has 132 valence electrons. The summed E-state index contributed by atoms with van der Waals surface area (Å²) in [4.78, 5) is 15.0. The molecule has 0 N–H and O–H groups in total. The van der Waals surface area contributed by atoms with Crippen LogP contribution in [0.4, 0.5) is 0 Å². The van der Waals surface area contributed by atoms with Gasteiger partial charge >= 0.3 is 5.97 Å². The number of nitrogens with zero attached hydrogens (tertiary/aromatic N) is 1. The molecule has 1 aliphatic heterocycles. The smallest absolute Gasteiger partial charge is 0.319 e. The number of carbonyl (C=O) groups is 1. The highest BCUT2D eigenvalue weighted by Gasteiger charge is 2.51. The molecular formula is C21H24BrNO2. The van der Waals surface area contributed by atoms with Gasteiger partial charge in [-0.15, -0.1) is 0 Å². The Kier molecular flexibility index (Phi) is 5.30. The summed E-state index contributed by atoms with van der Waals surface area (Å²) in [6, 6.07) is 14.6. The normalized spacial score (nSPS) is 16.3. The van der Waals surface area contributed by atoms with Gasteiger partial charge in [0.25, 0.3) is 0 Å². The number of rotatable bonds is 5. The third-order valence-electron chi connectivity index (χ3n) is 5.03. The van der Waals surface area contributed by atoms with Crippen LogP contribution in [0.5, 0.6) is 0 Å². The van der Waals surface area contributed by atoms with Crippen molar-refractivity contribution in [3.05, 3.63) is 69.2 Å². The molecule has 0 spiro atoms. The van der Waals surface area contributed by atoms with E-state index in [4.69, 9.17) is 4.74 Å². The molecule has 1 fully saturated rings. The maximum atomic E-state index is 12.7. The van der Waals surface area contributed by atoms with Gasteiger partial charge in [-0.1, -0.05) is 46.3 Å². The molecule has 1 aliphatic rings. The summed E-state index contributed by atoms with van der Waals surface area (Å²) in [5.74, 6) is -0.117. The molecule has 3 nitrogen and oxygen atoms in total. The number of ether oxygens (including phenoxy) is 1. The Morgan fingerprint density at radius 3 is 2.40 bits per heavy atom. The van der Waals surface area contributed by atoms with Crippen molar-refractivity contribution >= 4 is 21.9 Å². The molecule has 2 aromatic carbocycles. The van der Waals surface area contributed by atoms with Crippen LogP contribution in [-0.2, 0) is 21.5 Å². The SMILES string of the molecule is CCOC(=O)C1(c2ccc(Br)cc2)CN(Cc2ccc(C)c(C)c2)C1. The second kappa shape index (κ2) is 7.30. The van der Waals surface area contributed by atoms with Gasteiger partial charge in [0.1, 0.15) is 5.41 Å². The fourth-order valence-electron chi connectivity index (χ4n) is 3.46. The minimum absolute atomic E-state index is 0.117. The molecule has 0 radical (unpaired) electrons. The molecule has 4 heteroatoms. The van der Waals surface area contributed by atoms with Crippen LogP contribution in [0.2, 0.25) is 0 Å². The van der Waals surface area contributed by atoms with Crippen molar-refractivity contribution in [1.29, 1.82) is 0 Å². The molecule has 2 aromatic rings. The highest BCUT2D eigenvalue weighted by molar-refractivity contribution is 9.10. The monoisotopic (exact) mass is 401 g/mol. The number of halogens is 1. The minimum atomic E-state index is -0.545. The van der Waals surface area contributed by atoms with Crippen LogP contribution < -0.4 is 0 Å². The lowest BCUT2D eigenvalue weighted by atomic mass is 9.73. The summed E-state index contributed by atoms with van der Waals surface area (Å²) in [5, 5.41) is 0. The average molecular weight is 402 g/mol. The number of likely N-dealkylation sites (tertiary alicyclic amines) is 1.